The van der Waals surface area contributed by atoms with Crippen LogP contribution in [0.1, 0.15) is 18.9 Å². The summed E-state index contributed by atoms with van der Waals surface area (Å²) in [6.45, 7) is 6.88. The summed E-state index contributed by atoms with van der Waals surface area (Å²) in [6.07, 6.45) is 0.825. The normalized spacial score (nSPS) is 17.1. The molecule has 1 aromatic rings. The maximum atomic E-state index is 12.2. The van der Waals surface area contributed by atoms with Gasteiger partial charge in [-0.05, 0) is 25.5 Å². The van der Waals surface area contributed by atoms with Crippen molar-refractivity contribution in [2.24, 2.45) is 0 Å². The molecule has 5 nitrogen and oxygen atoms in total. The molecule has 0 bridgehead atoms. The number of anilines is 1. The molecule has 1 fully saturated rings. The zero-order chi connectivity index (χ0) is 15.2. The fourth-order valence-electron chi connectivity index (χ4n) is 2.51. The van der Waals surface area contributed by atoms with E-state index in [0.29, 0.717) is 13.1 Å². The maximum absolute atomic E-state index is 12.2. The SMILES string of the molecule is CCC(C#N)N1CCN(C(=O)Nc2ccc(C)cc2)CC1. The zero-order valence-corrected chi connectivity index (χ0v) is 12.7. The number of nitrogens with zero attached hydrogens (tertiary/aromatic N) is 3. The van der Waals surface area contributed by atoms with Gasteiger partial charge in [0.2, 0.25) is 0 Å². The molecule has 1 aliphatic rings. The topological polar surface area (TPSA) is 59.4 Å². The van der Waals surface area contributed by atoms with Gasteiger partial charge < -0.3 is 10.2 Å². The van der Waals surface area contributed by atoms with Crippen LogP contribution < -0.4 is 5.32 Å². The van der Waals surface area contributed by atoms with Crippen LogP contribution in [0.15, 0.2) is 24.3 Å². The minimum atomic E-state index is -0.0662. The molecule has 1 heterocycles. The maximum Gasteiger partial charge on any atom is 0.321 e. The molecule has 112 valence electrons. The van der Waals surface area contributed by atoms with Crippen molar-refractivity contribution in [1.29, 1.82) is 5.26 Å². The van der Waals surface area contributed by atoms with Crippen molar-refractivity contribution in [2.75, 3.05) is 31.5 Å². The van der Waals surface area contributed by atoms with Gasteiger partial charge in [-0.15, -0.1) is 0 Å². The lowest BCUT2D eigenvalue weighted by Gasteiger charge is -2.36. The number of nitriles is 1. The number of aryl methyl sites for hydroxylation is 1. The Morgan fingerprint density at radius 2 is 1.90 bits per heavy atom. The van der Waals surface area contributed by atoms with Crippen LogP contribution in [-0.2, 0) is 0 Å². The molecule has 1 unspecified atom stereocenters. The lowest BCUT2D eigenvalue weighted by molar-refractivity contribution is 0.129. The molecule has 1 saturated heterocycles. The highest BCUT2D eigenvalue weighted by Gasteiger charge is 2.25. The Morgan fingerprint density at radius 1 is 1.29 bits per heavy atom. The predicted octanol–water partition coefficient (Wildman–Crippen LogP) is 2.45. The van der Waals surface area contributed by atoms with Crippen LogP contribution in [0.3, 0.4) is 0 Å². The molecule has 2 amide bonds. The third-order valence-electron chi connectivity index (χ3n) is 3.88. The number of hydrogen-bond donors (Lipinski definition) is 1. The highest BCUT2D eigenvalue weighted by atomic mass is 16.2. The fourth-order valence-corrected chi connectivity index (χ4v) is 2.51. The summed E-state index contributed by atoms with van der Waals surface area (Å²) in [5, 5.41) is 12.0. The third-order valence-corrected chi connectivity index (χ3v) is 3.88. The van der Waals surface area contributed by atoms with Gasteiger partial charge in [0, 0.05) is 31.9 Å². The van der Waals surface area contributed by atoms with Crippen LogP contribution in [0.4, 0.5) is 10.5 Å². The quantitative estimate of drug-likeness (QED) is 0.928. The second-order valence-corrected chi connectivity index (χ2v) is 5.37. The van der Waals surface area contributed by atoms with E-state index in [2.05, 4.69) is 16.3 Å². The van der Waals surface area contributed by atoms with E-state index in [-0.39, 0.29) is 12.1 Å². The van der Waals surface area contributed by atoms with Gasteiger partial charge >= 0.3 is 6.03 Å². The van der Waals surface area contributed by atoms with Crippen LogP contribution in [-0.4, -0.2) is 48.1 Å². The summed E-state index contributed by atoms with van der Waals surface area (Å²) in [5.41, 5.74) is 1.99. The van der Waals surface area contributed by atoms with Gasteiger partial charge in [-0.25, -0.2) is 4.79 Å². The first kappa shape index (κ1) is 15.3. The third kappa shape index (κ3) is 3.96. The predicted molar refractivity (Wildman–Crippen MR) is 83.0 cm³/mol. The van der Waals surface area contributed by atoms with Crippen molar-refractivity contribution in [3.05, 3.63) is 29.8 Å². The lowest BCUT2D eigenvalue weighted by Crippen LogP contribution is -2.52. The summed E-state index contributed by atoms with van der Waals surface area (Å²) in [7, 11) is 0. The molecule has 5 heteroatoms. The summed E-state index contributed by atoms with van der Waals surface area (Å²) in [6, 6.07) is 9.99. The van der Waals surface area contributed by atoms with E-state index in [1.807, 2.05) is 38.1 Å². The van der Waals surface area contributed by atoms with Crippen LogP contribution in [0.5, 0.6) is 0 Å². The Bertz CT molecular complexity index is 512. The number of nitrogens with one attached hydrogen (secondary N) is 1. The number of hydrogen-bond acceptors (Lipinski definition) is 3. The van der Waals surface area contributed by atoms with Crippen LogP contribution in [0, 0.1) is 18.3 Å². The van der Waals surface area contributed by atoms with Crippen molar-refractivity contribution < 1.29 is 4.79 Å². The second kappa shape index (κ2) is 7.09. The lowest BCUT2D eigenvalue weighted by atomic mass is 10.2. The van der Waals surface area contributed by atoms with Crippen molar-refractivity contribution in [3.63, 3.8) is 0 Å². The van der Waals surface area contributed by atoms with E-state index in [0.717, 1.165) is 25.2 Å². The molecule has 1 aliphatic heterocycles. The molecule has 0 saturated carbocycles. The smallest absolute Gasteiger partial charge is 0.321 e. The Labute approximate surface area is 126 Å². The highest BCUT2D eigenvalue weighted by molar-refractivity contribution is 5.89. The molecule has 1 aromatic carbocycles. The molecule has 0 aliphatic carbocycles. The van der Waals surface area contributed by atoms with E-state index < -0.39 is 0 Å². The first-order valence-electron chi connectivity index (χ1n) is 7.40. The fraction of sp³-hybridized carbons (Fsp3) is 0.500. The van der Waals surface area contributed by atoms with E-state index in [9.17, 15) is 4.79 Å². The van der Waals surface area contributed by atoms with Crippen molar-refractivity contribution in [2.45, 2.75) is 26.3 Å². The average molecular weight is 286 g/mol. The van der Waals surface area contributed by atoms with Gasteiger partial charge in [0.25, 0.3) is 0 Å². The van der Waals surface area contributed by atoms with Gasteiger partial charge in [0.15, 0.2) is 0 Å². The molecule has 2 rings (SSSR count). The number of rotatable bonds is 3. The minimum Gasteiger partial charge on any atom is -0.322 e. The van der Waals surface area contributed by atoms with Gasteiger partial charge in [-0.1, -0.05) is 24.6 Å². The summed E-state index contributed by atoms with van der Waals surface area (Å²) < 4.78 is 0. The van der Waals surface area contributed by atoms with E-state index in [4.69, 9.17) is 5.26 Å². The number of urea groups is 1. The number of carbonyl (C=O) groups is 1. The van der Waals surface area contributed by atoms with E-state index in [1.165, 1.54) is 5.56 Å². The molecule has 0 spiro atoms. The largest absolute Gasteiger partial charge is 0.322 e. The molecule has 1 N–H and O–H groups in total. The molecule has 1 atom stereocenters. The average Bonchev–Trinajstić information content (AvgIpc) is 2.51. The molecular formula is C16H22N4O. The number of benzene rings is 1. The van der Waals surface area contributed by atoms with Gasteiger partial charge in [0.1, 0.15) is 0 Å². The van der Waals surface area contributed by atoms with Crippen molar-refractivity contribution >= 4 is 11.7 Å². The monoisotopic (exact) mass is 286 g/mol. The Hall–Kier alpha value is -2.06. The summed E-state index contributed by atoms with van der Waals surface area (Å²) >= 11 is 0. The Morgan fingerprint density at radius 3 is 2.43 bits per heavy atom. The zero-order valence-electron chi connectivity index (χ0n) is 12.7. The van der Waals surface area contributed by atoms with Crippen LogP contribution in [0.2, 0.25) is 0 Å². The van der Waals surface area contributed by atoms with Crippen LogP contribution in [0.25, 0.3) is 0 Å². The first-order chi connectivity index (χ1) is 10.1. The molecule has 0 aromatic heterocycles. The second-order valence-electron chi connectivity index (χ2n) is 5.37. The van der Waals surface area contributed by atoms with E-state index in [1.54, 1.807) is 4.90 Å². The van der Waals surface area contributed by atoms with Crippen LogP contribution >= 0.6 is 0 Å². The van der Waals surface area contributed by atoms with Gasteiger partial charge in [0.05, 0.1) is 12.1 Å². The Balaban J connectivity index is 1.86. The van der Waals surface area contributed by atoms with Crippen molar-refractivity contribution in [1.82, 2.24) is 9.80 Å². The molecular weight excluding hydrogens is 264 g/mol. The van der Waals surface area contributed by atoms with Crippen molar-refractivity contribution in [3.8, 4) is 6.07 Å². The minimum absolute atomic E-state index is 0.0349. The number of piperazine rings is 1. The standard InChI is InChI=1S/C16H22N4O/c1-3-15(12-17)19-8-10-20(11-9-19)16(21)18-14-6-4-13(2)5-7-14/h4-7,15H,3,8-11H2,1-2H3,(H,18,21). The number of carbonyl (C=O) groups excluding carboxylic acids is 1. The number of amides is 2. The van der Waals surface area contributed by atoms with Gasteiger partial charge in [-0.2, -0.15) is 5.26 Å². The molecule has 21 heavy (non-hydrogen) atoms. The van der Waals surface area contributed by atoms with Gasteiger partial charge in [-0.3, -0.25) is 4.90 Å². The highest BCUT2D eigenvalue weighted by Crippen LogP contribution is 2.12. The Kier molecular flexibility index (Phi) is 5.18. The molecule has 0 radical (unpaired) electrons. The summed E-state index contributed by atoms with van der Waals surface area (Å²) in [5.74, 6) is 0. The first-order valence-corrected chi connectivity index (χ1v) is 7.40. The van der Waals surface area contributed by atoms with E-state index >= 15 is 0 Å². The summed E-state index contributed by atoms with van der Waals surface area (Å²) in [4.78, 5) is 16.2.